The van der Waals surface area contributed by atoms with Crippen molar-refractivity contribution in [2.75, 3.05) is 11.6 Å². The molecule has 0 fully saturated rings. The molecule has 0 spiro atoms. The number of anilines is 1. The zero-order valence-corrected chi connectivity index (χ0v) is 11.5. The Hall–Kier alpha value is -1.42. The highest BCUT2D eigenvalue weighted by Crippen LogP contribution is 2.30. The molecular weight excluding hydrogens is 234 g/mol. The van der Waals surface area contributed by atoms with Crippen LogP contribution in [0.3, 0.4) is 0 Å². The minimum Gasteiger partial charge on any atom is -0.465 e. The van der Waals surface area contributed by atoms with Crippen LogP contribution in [0.5, 0.6) is 0 Å². The third-order valence-corrected chi connectivity index (χ3v) is 2.81. The summed E-state index contributed by atoms with van der Waals surface area (Å²) in [6, 6.07) is 7.35. The SMILES string of the molecule is C/C=C(\SC)c1ccccc1NC(=O)O.CC. The van der Waals surface area contributed by atoms with E-state index in [1.807, 2.05) is 51.3 Å². The highest BCUT2D eigenvalue weighted by Gasteiger charge is 2.07. The van der Waals surface area contributed by atoms with Crippen LogP contribution in [0.25, 0.3) is 4.91 Å². The van der Waals surface area contributed by atoms with Crippen LogP contribution in [0.1, 0.15) is 26.3 Å². The van der Waals surface area contributed by atoms with E-state index >= 15 is 0 Å². The fourth-order valence-corrected chi connectivity index (χ4v) is 1.94. The summed E-state index contributed by atoms with van der Waals surface area (Å²) in [6.45, 7) is 5.93. The lowest BCUT2D eigenvalue weighted by Gasteiger charge is -2.10. The Kier molecular flexibility index (Phi) is 7.97. The van der Waals surface area contributed by atoms with E-state index in [-0.39, 0.29) is 0 Å². The van der Waals surface area contributed by atoms with Crippen LogP contribution in [-0.2, 0) is 0 Å². The van der Waals surface area contributed by atoms with Gasteiger partial charge in [0.1, 0.15) is 0 Å². The van der Waals surface area contributed by atoms with Crippen molar-refractivity contribution >= 4 is 28.4 Å². The first-order chi connectivity index (χ1) is 8.19. The zero-order chi connectivity index (χ0) is 13.3. The normalized spacial score (nSPS) is 10.2. The van der Waals surface area contributed by atoms with E-state index in [4.69, 9.17) is 5.11 Å². The molecule has 1 amide bonds. The monoisotopic (exact) mass is 253 g/mol. The third kappa shape index (κ3) is 4.95. The standard InChI is InChI=1S/C11H13NO2S.C2H6/c1-3-10(15-2)8-6-4-5-7-9(8)12-11(13)14;1-2/h3-7,12H,1-2H3,(H,13,14);1-2H3/b10-3-;. The molecule has 0 atom stereocenters. The highest BCUT2D eigenvalue weighted by molar-refractivity contribution is 8.07. The van der Waals surface area contributed by atoms with Crippen LogP contribution in [0, 0.1) is 0 Å². The molecule has 0 aliphatic rings. The number of allylic oxidation sites excluding steroid dienone is 1. The summed E-state index contributed by atoms with van der Waals surface area (Å²) < 4.78 is 0. The van der Waals surface area contributed by atoms with E-state index in [9.17, 15) is 4.79 Å². The summed E-state index contributed by atoms with van der Waals surface area (Å²) in [5.74, 6) is 0. The minimum absolute atomic E-state index is 0.618. The number of benzene rings is 1. The van der Waals surface area contributed by atoms with E-state index in [2.05, 4.69) is 5.32 Å². The molecule has 94 valence electrons. The summed E-state index contributed by atoms with van der Waals surface area (Å²) >= 11 is 1.59. The van der Waals surface area contributed by atoms with Gasteiger partial charge in [-0.25, -0.2) is 4.79 Å². The smallest absolute Gasteiger partial charge is 0.409 e. The molecule has 0 unspecified atom stereocenters. The molecule has 0 bridgehead atoms. The summed E-state index contributed by atoms with van der Waals surface area (Å²) in [6.07, 6.45) is 2.89. The Labute approximate surface area is 107 Å². The molecule has 2 N–H and O–H groups in total. The van der Waals surface area contributed by atoms with Gasteiger partial charge in [-0.2, -0.15) is 0 Å². The van der Waals surface area contributed by atoms with Gasteiger partial charge in [-0.05, 0) is 19.2 Å². The van der Waals surface area contributed by atoms with Crippen molar-refractivity contribution < 1.29 is 9.90 Å². The van der Waals surface area contributed by atoms with Gasteiger partial charge < -0.3 is 5.11 Å². The Bertz CT molecular complexity index is 389. The van der Waals surface area contributed by atoms with E-state index in [1.165, 1.54) is 0 Å². The molecule has 1 rings (SSSR count). The minimum atomic E-state index is -1.04. The lowest BCUT2D eigenvalue weighted by atomic mass is 10.1. The van der Waals surface area contributed by atoms with Gasteiger partial charge in [-0.1, -0.05) is 38.1 Å². The zero-order valence-electron chi connectivity index (χ0n) is 10.7. The van der Waals surface area contributed by atoms with Gasteiger partial charge in [0.25, 0.3) is 0 Å². The Morgan fingerprint density at radius 2 is 1.94 bits per heavy atom. The largest absolute Gasteiger partial charge is 0.465 e. The number of nitrogens with one attached hydrogen (secondary N) is 1. The van der Waals surface area contributed by atoms with Gasteiger partial charge in [-0.3, -0.25) is 5.32 Å². The highest BCUT2D eigenvalue weighted by atomic mass is 32.2. The fraction of sp³-hybridized carbons (Fsp3) is 0.308. The van der Waals surface area contributed by atoms with E-state index in [0.29, 0.717) is 5.69 Å². The molecule has 17 heavy (non-hydrogen) atoms. The van der Waals surface area contributed by atoms with Gasteiger partial charge >= 0.3 is 6.09 Å². The van der Waals surface area contributed by atoms with Crippen molar-refractivity contribution in [1.82, 2.24) is 0 Å². The molecule has 0 aromatic heterocycles. The van der Waals surface area contributed by atoms with Crippen LogP contribution in [-0.4, -0.2) is 17.5 Å². The number of amides is 1. The van der Waals surface area contributed by atoms with Crippen molar-refractivity contribution in [3.05, 3.63) is 35.9 Å². The molecular formula is C13H19NO2S. The molecule has 0 saturated heterocycles. The van der Waals surface area contributed by atoms with Crippen LogP contribution in [0.2, 0.25) is 0 Å². The third-order valence-electron chi connectivity index (χ3n) is 1.92. The Balaban J connectivity index is 0.00000121. The maximum atomic E-state index is 10.6. The molecule has 0 radical (unpaired) electrons. The van der Waals surface area contributed by atoms with Crippen molar-refractivity contribution in [3.8, 4) is 0 Å². The van der Waals surface area contributed by atoms with Crippen molar-refractivity contribution in [3.63, 3.8) is 0 Å². The van der Waals surface area contributed by atoms with Crippen LogP contribution in [0.4, 0.5) is 10.5 Å². The molecule has 0 heterocycles. The maximum Gasteiger partial charge on any atom is 0.409 e. The van der Waals surface area contributed by atoms with Crippen LogP contribution < -0.4 is 5.32 Å². The van der Waals surface area contributed by atoms with E-state index in [0.717, 1.165) is 10.5 Å². The molecule has 0 saturated carbocycles. The lowest BCUT2D eigenvalue weighted by Crippen LogP contribution is -2.08. The van der Waals surface area contributed by atoms with Gasteiger partial charge in [0, 0.05) is 10.5 Å². The Morgan fingerprint density at radius 1 is 1.35 bits per heavy atom. The van der Waals surface area contributed by atoms with Gasteiger partial charge in [-0.15, -0.1) is 11.8 Å². The average molecular weight is 253 g/mol. The van der Waals surface area contributed by atoms with E-state index in [1.54, 1.807) is 17.8 Å². The molecule has 3 nitrogen and oxygen atoms in total. The lowest BCUT2D eigenvalue weighted by molar-refractivity contribution is 0.209. The van der Waals surface area contributed by atoms with Gasteiger partial charge in [0.15, 0.2) is 0 Å². The van der Waals surface area contributed by atoms with E-state index < -0.39 is 6.09 Å². The first kappa shape index (κ1) is 15.6. The van der Waals surface area contributed by atoms with Gasteiger partial charge in [0.2, 0.25) is 0 Å². The number of rotatable bonds is 3. The van der Waals surface area contributed by atoms with Gasteiger partial charge in [0.05, 0.1) is 5.69 Å². The predicted molar refractivity (Wildman–Crippen MR) is 76.6 cm³/mol. The Morgan fingerprint density at radius 3 is 2.41 bits per heavy atom. The summed E-state index contributed by atoms with van der Waals surface area (Å²) in [7, 11) is 0. The predicted octanol–water partition coefficient (Wildman–Crippen LogP) is 4.53. The molecule has 1 aromatic rings. The number of thioether (sulfide) groups is 1. The fourth-order valence-electron chi connectivity index (χ4n) is 1.31. The number of hydrogen-bond donors (Lipinski definition) is 2. The van der Waals surface area contributed by atoms with Crippen molar-refractivity contribution in [2.24, 2.45) is 0 Å². The molecule has 0 aliphatic heterocycles. The quantitative estimate of drug-likeness (QED) is 0.832. The number of para-hydroxylation sites is 1. The second kappa shape index (κ2) is 8.70. The maximum absolute atomic E-state index is 10.6. The topological polar surface area (TPSA) is 49.3 Å². The average Bonchev–Trinajstić information content (AvgIpc) is 2.34. The molecule has 4 heteroatoms. The molecule has 0 aliphatic carbocycles. The second-order valence-electron chi connectivity index (χ2n) is 2.83. The number of carboxylic acid groups (broad SMARTS) is 1. The first-order valence-corrected chi connectivity index (χ1v) is 6.71. The first-order valence-electron chi connectivity index (χ1n) is 5.48. The van der Waals surface area contributed by atoms with Crippen molar-refractivity contribution in [2.45, 2.75) is 20.8 Å². The molecule has 1 aromatic carbocycles. The van der Waals surface area contributed by atoms with Crippen LogP contribution >= 0.6 is 11.8 Å². The van der Waals surface area contributed by atoms with Crippen molar-refractivity contribution in [1.29, 1.82) is 0 Å². The number of carbonyl (C=O) groups is 1. The van der Waals surface area contributed by atoms with Crippen LogP contribution in [0.15, 0.2) is 30.3 Å². The summed E-state index contributed by atoms with van der Waals surface area (Å²) in [4.78, 5) is 11.6. The summed E-state index contributed by atoms with van der Waals surface area (Å²) in [5, 5.41) is 11.1. The number of hydrogen-bond acceptors (Lipinski definition) is 2. The second-order valence-corrected chi connectivity index (χ2v) is 3.68. The summed E-state index contributed by atoms with van der Waals surface area (Å²) in [5.41, 5.74) is 1.53.